The summed E-state index contributed by atoms with van der Waals surface area (Å²) in [4.78, 5) is 37.0. The number of rotatable bonds is 4. The highest BCUT2D eigenvalue weighted by atomic mass is 16.4. The monoisotopic (exact) mass is 273 g/mol. The molecule has 0 aromatic heterocycles. The Bertz CT molecular complexity index is 360. The number of amides is 3. The van der Waals surface area contributed by atoms with Gasteiger partial charge in [-0.3, -0.25) is 4.79 Å². The van der Waals surface area contributed by atoms with Gasteiger partial charge in [0.25, 0.3) is 0 Å². The Labute approximate surface area is 113 Å². The second kappa shape index (κ2) is 6.40. The number of hydrogen-bond acceptors (Lipinski definition) is 3. The molecule has 1 atom stereocenters. The first kappa shape index (κ1) is 17.2. The fourth-order valence-corrected chi connectivity index (χ4v) is 1.30. The zero-order valence-electron chi connectivity index (χ0n) is 12.4. The van der Waals surface area contributed by atoms with Crippen molar-refractivity contribution in [3.8, 4) is 0 Å². The van der Waals surface area contributed by atoms with Gasteiger partial charge in [-0.2, -0.15) is 0 Å². The Kier molecular flexibility index (Phi) is 5.80. The van der Waals surface area contributed by atoms with Gasteiger partial charge < -0.3 is 20.2 Å². The van der Waals surface area contributed by atoms with E-state index in [1.165, 1.54) is 11.9 Å². The molecule has 110 valence electrons. The van der Waals surface area contributed by atoms with Crippen molar-refractivity contribution in [2.45, 2.75) is 26.8 Å². The lowest BCUT2D eigenvalue weighted by atomic mass is 9.87. The van der Waals surface area contributed by atoms with Crippen LogP contribution in [0.1, 0.15) is 20.8 Å². The van der Waals surface area contributed by atoms with Crippen LogP contribution >= 0.6 is 0 Å². The molecule has 0 radical (unpaired) electrons. The van der Waals surface area contributed by atoms with Crippen molar-refractivity contribution >= 4 is 17.9 Å². The molecule has 7 heteroatoms. The molecule has 0 aromatic carbocycles. The van der Waals surface area contributed by atoms with Crippen molar-refractivity contribution in [2.75, 3.05) is 27.7 Å². The first-order chi connectivity index (χ1) is 8.46. The number of carboxylic acids is 1. The minimum absolute atomic E-state index is 0.102. The lowest BCUT2D eigenvalue weighted by Crippen LogP contribution is -2.53. The molecule has 0 aromatic rings. The van der Waals surface area contributed by atoms with Gasteiger partial charge in [0.15, 0.2) is 0 Å². The lowest BCUT2D eigenvalue weighted by molar-refractivity contribution is -0.141. The summed E-state index contributed by atoms with van der Waals surface area (Å²) in [5, 5.41) is 11.5. The summed E-state index contributed by atoms with van der Waals surface area (Å²) in [7, 11) is 4.62. The van der Waals surface area contributed by atoms with Crippen LogP contribution in [0.2, 0.25) is 0 Å². The molecule has 7 nitrogen and oxygen atoms in total. The zero-order valence-corrected chi connectivity index (χ0v) is 12.4. The minimum atomic E-state index is -1.10. The number of hydrogen-bond donors (Lipinski definition) is 2. The Hall–Kier alpha value is -1.79. The van der Waals surface area contributed by atoms with Crippen molar-refractivity contribution in [2.24, 2.45) is 5.41 Å². The summed E-state index contributed by atoms with van der Waals surface area (Å²) < 4.78 is 0. The maximum absolute atomic E-state index is 11.8. The van der Waals surface area contributed by atoms with Crippen LogP contribution < -0.4 is 5.32 Å². The van der Waals surface area contributed by atoms with E-state index in [1.54, 1.807) is 34.9 Å². The van der Waals surface area contributed by atoms with Gasteiger partial charge in [-0.05, 0) is 5.41 Å². The molecule has 0 bridgehead atoms. The van der Waals surface area contributed by atoms with E-state index in [2.05, 4.69) is 5.32 Å². The van der Waals surface area contributed by atoms with Crippen molar-refractivity contribution in [1.29, 1.82) is 0 Å². The molecule has 19 heavy (non-hydrogen) atoms. The van der Waals surface area contributed by atoms with Gasteiger partial charge in [0, 0.05) is 21.1 Å². The van der Waals surface area contributed by atoms with E-state index in [1.807, 2.05) is 0 Å². The molecule has 0 saturated heterocycles. The highest BCUT2D eigenvalue weighted by Crippen LogP contribution is 2.19. The summed E-state index contributed by atoms with van der Waals surface area (Å²) in [6.45, 7) is 5.06. The largest absolute Gasteiger partial charge is 0.480 e. The van der Waals surface area contributed by atoms with E-state index in [4.69, 9.17) is 5.11 Å². The van der Waals surface area contributed by atoms with Crippen LogP contribution in [-0.2, 0) is 9.59 Å². The molecule has 2 N–H and O–H groups in total. The van der Waals surface area contributed by atoms with Crippen molar-refractivity contribution < 1.29 is 19.5 Å². The van der Waals surface area contributed by atoms with E-state index >= 15 is 0 Å². The maximum Gasteiger partial charge on any atom is 0.326 e. The third-order valence-electron chi connectivity index (χ3n) is 2.60. The number of urea groups is 1. The van der Waals surface area contributed by atoms with Crippen LogP contribution in [-0.4, -0.2) is 66.5 Å². The van der Waals surface area contributed by atoms with Gasteiger partial charge in [0.1, 0.15) is 12.6 Å². The molecular weight excluding hydrogens is 250 g/mol. The number of carboxylic acid groups (broad SMARTS) is 1. The van der Waals surface area contributed by atoms with Crippen molar-refractivity contribution in [1.82, 2.24) is 15.1 Å². The van der Waals surface area contributed by atoms with E-state index in [-0.39, 0.29) is 12.5 Å². The van der Waals surface area contributed by atoms with Gasteiger partial charge in [-0.15, -0.1) is 0 Å². The third kappa shape index (κ3) is 5.58. The fraction of sp³-hybridized carbons (Fsp3) is 0.750. The quantitative estimate of drug-likeness (QED) is 0.766. The number of aliphatic carboxylic acids is 1. The summed E-state index contributed by atoms with van der Waals surface area (Å²) >= 11 is 0. The maximum atomic E-state index is 11.8. The predicted molar refractivity (Wildman–Crippen MR) is 70.7 cm³/mol. The Balaban J connectivity index is 4.66. The molecule has 0 spiro atoms. The number of carbonyl (C=O) groups excluding carboxylic acids is 2. The molecular formula is C12H23N3O4. The van der Waals surface area contributed by atoms with Crippen LogP contribution in [0.25, 0.3) is 0 Å². The number of likely N-dealkylation sites (N-methyl/N-ethyl adjacent to an activating group) is 2. The van der Waals surface area contributed by atoms with Crippen LogP contribution in [0.3, 0.4) is 0 Å². The smallest absolute Gasteiger partial charge is 0.326 e. The summed E-state index contributed by atoms with van der Waals surface area (Å²) in [5.74, 6) is -1.34. The van der Waals surface area contributed by atoms with Gasteiger partial charge in [-0.1, -0.05) is 20.8 Å². The van der Waals surface area contributed by atoms with Gasteiger partial charge in [0.2, 0.25) is 5.91 Å². The van der Waals surface area contributed by atoms with Gasteiger partial charge >= 0.3 is 12.0 Å². The van der Waals surface area contributed by atoms with Crippen LogP contribution in [0.5, 0.6) is 0 Å². The van der Waals surface area contributed by atoms with E-state index in [9.17, 15) is 14.4 Å². The molecule has 0 rings (SSSR count). The predicted octanol–water partition coefficient (Wildman–Crippen LogP) is 0.215. The molecule has 0 fully saturated rings. The van der Waals surface area contributed by atoms with Gasteiger partial charge in [-0.25, -0.2) is 9.59 Å². The first-order valence-corrected chi connectivity index (χ1v) is 5.91. The van der Waals surface area contributed by atoms with Crippen LogP contribution in [0, 0.1) is 5.41 Å². The highest BCUT2D eigenvalue weighted by Gasteiger charge is 2.33. The average molecular weight is 273 g/mol. The molecule has 0 aliphatic heterocycles. The Morgan fingerprint density at radius 2 is 1.63 bits per heavy atom. The van der Waals surface area contributed by atoms with Crippen molar-refractivity contribution in [3.05, 3.63) is 0 Å². The summed E-state index contributed by atoms with van der Waals surface area (Å²) in [6, 6.07) is -1.60. The number of carbonyl (C=O) groups is 3. The second-order valence-corrected chi connectivity index (χ2v) is 5.73. The molecule has 3 amide bonds. The van der Waals surface area contributed by atoms with E-state index in [0.717, 1.165) is 4.90 Å². The first-order valence-electron chi connectivity index (χ1n) is 5.91. The Morgan fingerprint density at radius 3 is 1.95 bits per heavy atom. The molecule has 0 heterocycles. The van der Waals surface area contributed by atoms with Crippen LogP contribution in [0.15, 0.2) is 0 Å². The number of nitrogens with one attached hydrogen (secondary N) is 1. The topological polar surface area (TPSA) is 90.0 Å². The van der Waals surface area contributed by atoms with E-state index in [0.29, 0.717) is 0 Å². The zero-order chi connectivity index (χ0) is 15.4. The molecule has 0 aliphatic carbocycles. The molecule has 0 aliphatic rings. The third-order valence-corrected chi connectivity index (χ3v) is 2.60. The average Bonchev–Trinajstić information content (AvgIpc) is 2.22. The summed E-state index contributed by atoms with van der Waals surface area (Å²) in [6.07, 6.45) is 0. The highest BCUT2D eigenvalue weighted by molar-refractivity contribution is 5.86. The standard InChI is InChI=1S/C12H23N3O4/c1-12(2,3)9(10(17)18)13-11(19)15(6)7-8(16)14(4)5/h9H,7H2,1-6H3,(H,13,19)(H,17,18)/t9-/m0/s1. The fourth-order valence-electron chi connectivity index (χ4n) is 1.30. The minimum Gasteiger partial charge on any atom is -0.480 e. The SMILES string of the molecule is CN(C)C(=O)CN(C)C(=O)N[C@@H](C(=O)O)C(C)(C)C. The van der Waals surface area contributed by atoms with Crippen molar-refractivity contribution in [3.63, 3.8) is 0 Å². The Morgan fingerprint density at radius 1 is 1.16 bits per heavy atom. The van der Waals surface area contributed by atoms with E-state index < -0.39 is 23.5 Å². The summed E-state index contributed by atoms with van der Waals surface area (Å²) in [5.41, 5.74) is -0.617. The second-order valence-electron chi connectivity index (χ2n) is 5.73. The van der Waals surface area contributed by atoms with Crippen LogP contribution in [0.4, 0.5) is 4.79 Å². The lowest BCUT2D eigenvalue weighted by Gasteiger charge is -2.29. The normalized spacial score (nSPS) is 12.5. The molecule has 0 unspecified atom stereocenters. The number of nitrogens with zero attached hydrogens (tertiary/aromatic N) is 2. The molecule has 0 saturated carbocycles. The van der Waals surface area contributed by atoms with Gasteiger partial charge in [0.05, 0.1) is 0 Å².